The second kappa shape index (κ2) is 5.38. The maximum Gasteiger partial charge on any atom is 0.125 e. The number of aromatic nitrogens is 1. The molecule has 0 fully saturated rings. The van der Waals surface area contributed by atoms with Crippen molar-refractivity contribution in [2.45, 2.75) is 34.1 Å². The fourth-order valence-corrected chi connectivity index (χ4v) is 2.66. The number of aromatic amines is 1. The number of benzene rings is 1. The summed E-state index contributed by atoms with van der Waals surface area (Å²) in [5.74, 6) is 0. The Kier molecular flexibility index (Phi) is 3.81. The molecule has 2 heteroatoms. The van der Waals surface area contributed by atoms with E-state index in [-0.39, 0.29) is 0 Å². The van der Waals surface area contributed by atoms with E-state index in [1.807, 2.05) is 0 Å². The van der Waals surface area contributed by atoms with Crippen LogP contribution in [-0.4, -0.2) is 4.98 Å². The van der Waals surface area contributed by atoms with Gasteiger partial charge < -0.3 is 4.98 Å². The first-order chi connectivity index (χ1) is 9.54. The Morgan fingerprint density at radius 1 is 1.25 bits per heavy atom. The molecule has 102 valence electrons. The van der Waals surface area contributed by atoms with E-state index in [1.54, 1.807) is 6.08 Å². The van der Waals surface area contributed by atoms with Crippen molar-refractivity contribution in [2.24, 2.45) is 0 Å². The van der Waals surface area contributed by atoms with Crippen LogP contribution in [0.2, 0.25) is 0 Å². The van der Waals surface area contributed by atoms with Crippen LogP contribution in [0.25, 0.3) is 17.2 Å². The van der Waals surface area contributed by atoms with Gasteiger partial charge in [-0.1, -0.05) is 31.7 Å². The summed E-state index contributed by atoms with van der Waals surface area (Å²) in [6, 6.07) is 6.52. The van der Waals surface area contributed by atoms with Gasteiger partial charge in [0.15, 0.2) is 0 Å². The molecule has 1 aromatic heterocycles. The number of aryl methyl sites for hydroxylation is 2. The molecule has 0 saturated heterocycles. The van der Waals surface area contributed by atoms with Crippen LogP contribution in [0.15, 0.2) is 18.7 Å². The average molecular weight is 264 g/mol. The van der Waals surface area contributed by atoms with E-state index < -0.39 is 0 Å². The van der Waals surface area contributed by atoms with Gasteiger partial charge in [0, 0.05) is 16.8 Å². The van der Waals surface area contributed by atoms with E-state index in [0.717, 1.165) is 23.2 Å². The zero-order valence-electron chi connectivity index (χ0n) is 12.6. The lowest BCUT2D eigenvalue weighted by molar-refractivity contribution is 1.06. The molecule has 0 radical (unpaired) electrons. The molecule has 0 aliphatic rings. The fraction of sp³-hybridized carbons (Fsp3) is 0.278. The first kappa shape index (κ1) is 14.1. The van der Waals surface area contributed by atoms with E-state index in [4.69, 9.17) is 0 Å². The van der Waals surface area contributed by atoms with Gasteiger partial charge in [0.25, 0.3) is 0 Å². The van der Waals surface area contributed by atoms with E-state index in [0.29, 0.717) is 5.69 Å². The van der Waals surface area contributed by atoms with Crippen LogP contribution in [0.1, 0.15) is 40.6 Å². The largest absolute Gasteiger partial charge is 0.349 e. The number of nitrogens with zero attached hydrogens (tertiary/aromatic N) is 1. The summed E-state index contributed by atoms with van der Waals surface area (Å²) in [6.07, 6.45) is 2.64. The molecule has 1 N–H and O–H groups in total. The van der Waals surface area contributed by atoms with Gasteiger partial charge in [-0.3, -0.25) is 0 Å². The Morgan fingerprint density at radius 2 is 1.95 bits per heavy atom. The van der Waals surface area contributed by atoms with Gasteiger partial charge in [-0.05, 0) is 49.4 Å². The number of nitrogens with one attached hydrogen (secondary N) is 1. The van der Waals surface area contributed by atoms with Gasteiger partial charge in [0.1, 0.15) is 11.8 Å². The summed E-state index contributed by atoms with van der Waals surface area (Å²) in [6.45, 7) is 12.4. The first-order valence-electron chi connectivity index (χ1n) is 6.89. The van der Waals surface area contributed by atoms with Crippen molar-refractivity contribution in [1.82, 2.24) is 4.98 Å². The Morgan fingerprint density at radius 3 is 2.50 bits per heavy atom. The molecule has 0 aliphatic carbocycles. The highest BCUT2D eigenvalue weighted by atomic mass is 14.7. The number of nitriles is 1. The van der Waals surface area contributed by atoms with Crippen LogP contribution in [0, 0.1) is 32.1 Å². The summed E-state index contributed by atoms with van der Waals surface area (Å²) in [7, 11) is 0. The summed E-state index contributed by atoms with van der Waals surface area (Å²) < 4.78 is 0. The van der Waals surface area contributed by atoms with Gasteiger partial charge in [0.2, 0.25) is 0 Å². The van der Waals surface area contributed by atoms with Gasteiger partial charge in [0.05, 0.1) is 0 Å². The van der Waals surface area contributed by atoms with Crippen molar-refractivity contribution < 1.29 is 0 Å². The maximum absolute atomic E-state index is 9.27. The highest BCUT2D eigenvalue weighted by molar-refractivity contribution is 5.82. The normalized spacial score (nSPS) is 10.3. The monoisotopic (exact) mass is 264 g/mol. The molecule has 0 saturated carbocycles. The number of hydrogen-bond acceptors (Lipinski definition) is 1. The van der Waals surface area contributed by atoms with Crippen molar-refractivity contribution in [2.75, 3.05) is 0 Å². The second-order valence-corrected chi connectivity index (χ2v) is 5.12. The molecule has 0 aliphatic heterocycles. The zero-order chi connectivity index (χ0) is 14.9. The molecule has 2 rings (SSSR count). The molecule has 1 aromatic carbocycles. The molecular weight excluding hydrogens is 244 g/mol. The number of H-pyrrole nitrogens is 1. The van der Waals surface area contributed by atoms with E-state index in [9.17, 15) is 5.26 Å². The van der Waals surface area contributed by atoms with Crippen molar-refractivity contribution in [3.05, 3.63) is 52.4 Å². The van der Waals surface area contributed by atoms with Gasteiger partial charge in [-0.2, -0.15) is 5.26 Å². The molecule has 0 spiro atoms. The highest BCUT2D eigenvalue weighted by Crippen LogP contribution is 2.35. The molecule has 1 heterocycles. The summed E-state index contributed by atoms with van der Waals surface area (Å²) in [4.78, 5) is 3.23. The molecule has 0 amide bonds. The molecule has 0 atom stereocenters. The quantitative estimate of drug-likeness (QED) is 0.858. The summed E-state index contributed by atoms with van der Waals surface area (Å²) in [5.41, 5.74) is 8.80. The molecular formula is C18H20N2. The smallest absolute Gasteiger partial charge is 0.125 e. The van der Waals surface area contributed by atoms with Gasteiger partial charge >= 0.3 is 0 Å². The fourth-order valence-electron chi connectivity index (χ4n) is 2.66. The lowest BCUT2D eigenvalue weighted by Gasteiger charge is -2.13. The minimum atomic E-state index is 0.601. The molecule has 20 heavy (non-hydrogen) atoms. The van der Waals surface area contributed by atoms with Gasteiger partial charge in [-0.25, -0.2) is 0 Å². The topological polar surface area (TPSA) is 39.6 Å². The van der Waals surface area contributed by atoms with Crippen molar-refractivity contribution in [3.8, 4) is 17.2 Å². The van der Waals surface area contributed by atoms with Crippen LogP contribution in [0.5, 0.6) is 0 Å². The minimum absolute atomic E-state index is 0.601. The third-order valence-corrected chi connectivity index (χ3v) is 4.11. The van der Waals surface area contributed by atoms with Crippen molar-refractivity contribution >= 4 is 6.08 Å². The van der Waals surface area contributed by atoms with Crippen LogP contribution >= 0.6 is 0 Å². The standard InChI is InChI=1S/C18H20N2/c1-6-14-17(10-19)20-16(7-2)18(14)15-9-8-11(3)12(4)13(15)5/h6,8-9,20H,1,7H2,2-5H3. The Hall–Kier alpha value is -2.27. The molecule has 0 bridgehead atoms. The molecule has 0 unspecified atom stereocenters. The Labute approximate surface area is 120 Å². The SMILES string of the molecule is C=Cc1c(C#N)[nH]c(CC)c1-c1ccc(C)c(C)c1C. The van der Waals surface area contributed by atoms with E-state index in [2.05, 4.69) is 57.5 Å². The predicted octanol–water partition coefficient (Wildman–Crippen LogP) is 4.68. The summed E-state index contributed by atoms with van der Waals surface area (Å²) in [5, 5.41) is 9.27. The van der Waals surface area contributed by atoms with Crippen molar-refractivity contribution in [1.29, 1.82) is 5.26 Å². The van der Waals surface area contributed by atoms with Gasteiger partial charge in [-0.15, -0.1) is 0 Å². The third kappa shape index (κ3) is 2.06. The highest BCUT2D eigenvalue weighted by Gasteiger charge is 2.18. The number of hydrogen-bond donors (Lipinski definition) is 1. The van der Waals surface area contributed by atoms with E-state index >= 15 is 0 Å². The van der Waals surface area contributed by atoms with E-state index in [1.165, 1.54) is 22.3 Å². The van der Waals surface area contributed by atoms with Crippen LogP contribution in [-0.2, 0) is 6.42 Å². The maximum atomic E-state index is 9.27. The first-order valence-corrected chi connectivity index (χ1v) is 6.89. The molecule has 2 nitrogen and oxygen atoms in total. The predicted molar refractivity (Wildman–Crippen MR) is 84.6 cm³/mol. The summed E-state index contributed by atoms with van der Waals surface area (Å²) >= 11 is 0. The third-order valence-electron chi connectivity index (χ3n) is 4.11. The number of rotatable bonds is 3. The lowest BCUT2D eigenvalue weighted by Crippen LogP contribution is -1.93. The van der Waals surface area contributed by atoms with Crippen molar-refractivity contribution in [3.63, 3.8) is 0 Å². The lowest BCUT2D eigenvalue weighted by atomic mass is 9.91. The zero-order valence-corrected chi connectivity index (χ0v) is 12.6. The Balaban J connectivity index is 2.82. The average Bonchev–Trinajstić information content (AvgIpc) is 2.82. The second-order valence-electron chi connectivity index (χ2n) is 5.12. The minimum Gasteiger partial charge on any atom is -0.349 e. The van der Waals surface area contributed by atoms with Crippen LogP contribution in [0.4, 0.5) is 0 Å². The Bertz CT molecular complexity index is 712. The molecule has 2 aromatic rings. The van der Waals surface area contributed by atoms with Crippen LogP contribution < -0.4 is 0 Å². The van der Waals surface area contributed by atoms with Crippen LogP contribution in [0.3, 0.4) is 0 Å².